The van der Waals surface area contributed by atoms with Crippen molar-refractivity contribution in [3.8, 4) is 12.1 Å². The molecule has 0 aliphatic carbocycles. The van der Waals surface area contributed by atoms with Crippen molar-refractivity contribution in [1.82, 2.24) is 4.57 Å². The van der Waals surface area contributed by atoms with Crippen LogP contribution < -0.4 is 0 Å². The topological polar surface area (TPSA) is 52.5 Å². The summed E-state index contributed by atoms with van der Waals surface area (Å²) in [5, 5.41) is 17.5. The van der Waals surface area contributed by atoms with Crippen LogP contribution in [0.25, 0.3) is 0 Å². The summed E-state index contributed by atoms with van der Waals surface area (Å²) in [4.78, 5) is 0. The summed E-state index contributed by atoms with van der Waals surface area (Å²) in [6, 6.07) is 15.2. The second-order valence-electron chi connectivity index (χ2n) is 3.44. The van der Waals surface area contributed by atoms with Gasteiger partial charge >= 0.3 is 0 Å². The van der Waals surface area contributed by atoms with Crippen LogP contribution in [-0.2, 0) is 6.54 Å². The van der Waals surface area contributed by atoms with Crippen LogP contribution in [0.15, 0.2) is 42.6 Å². The molecule has 1 aromatic carbocycles. The Balaban J connectivity index is 2.22. The maximum atomic E-state index is 8.85. The predicted octanol–water partition coefficient (Wildman–Crippen LogP) is 2.28. The van der Waals surface area contributed by atoms with Crippen molar-refractivity contribution in [2.75, 3.05) is 0 Å². The fourth-order valence-corrected chi connectivity index (χ4v) is 1.53. The highest BCUT2D eigenvalue weighted by Gasteiger charge is 2.00. The summed E-state index contributed by atoms with van der Waals surface area (Å²) in [5.74, 6) is 0. The zero-order valence-corrected chi connectivity index (χ0v) is 8.59. The second-order valence-corrected chi connectivity index (χ2v) is 3.44. The van der Waals surface area contributed by atoms with Crippen LogP contribution in [-0.4, -0.2) is 4.57 Å². The Morgan fingerprint density at radius 2 is 1.75 bits per heavy atom. The van der Waals surface area contributed by atoms with Gasteiger partial charge in [0, 0.05) is 12.7 Å². The van der Waals surface area contributed by atoms with Crippen molar-refractivity contribution in [3.05, 3.63) is 59.4 Å². The Labute approximate surface area is 93.8 Å². The number of aromatic nitrogens is 1. The number of benzene rings is 1. The Morgan fingerprint density at radius 3 is 2.38 bits per heavy atom. The van der Waals surface area contributed by atoms with Crippen molar-refractivity contribution < 1.29 is 0 Å². The minimum atomic E-state index is 0.643. The minimum absolute atomic E-state index is 0.643. The van der Waals surface area contributed by atoms with E-state index in [9.17, 15) is 0 Å². The normalized spacial score (nSPS) is 9.38. The molecule has 16 heavy (non-hydrogen) atoms. The van der Waals surface area contributed by atoms with Crippen molar-refractivity contribution in [3.63, 3.8) is 0 Å². The average molecular weight is 207 g/mol. The van der Waals surface area contributed by atoms with Crippen molar-refractivity contribution in [2.24, 2.45) is 0 Å². The third-order valence-corrected chi connectivity index (χ3v) is 2.38. The SMILES string of the molecule is N#Cc1ccc(Cn2cccc2C#N)cc1. The quantitative estimate of drug-likeness (QED) is 0.758. The van der Waals surface area contributed by atoms with Gasteiger partial charge in [0.05, 0.1) is 11.6 Å². The monoisotopic (exact) mass is 207 g/mol. The van der Waals surface area contributed by atoms with Gasteiger partial charge in [-0.1, -0.05) is 12.1 Å². The molecule has 1 aromatic heterocycles. The van der Waals surface area contributed by atoms with Gasteiger partial charge in [-0.15, -0.1) is 0 Å². The van der Waals surface area contributed by atoms with Gasteiger partial charge in [-0.3, -0.25) is 0 Å². The molecule has 0 atom stereocenters. The zero-order chi connectivity index (χ0) is 11.4. The fourth-order valence-electron chi connectivity index (χ4n) is 1.53. The number of nitriles is 2. The van der Waals surface area contributed by atoms with Crippen molar-refractivity contribution in [2.45, 2.75) is 6.54 Å². The lowest BCUT2D eigenvalue weighted by Crippen LogP contribution is -2.00. The van der Waals surface area contributed by atoms with E-state index in [-0.39, 0.29) is 0 Å². The minimum Gasteiger partial charge on any atom is -0.335 e. The van der Waals surface area contributed by atoms with E-state index in [1.54, 1.807) is 18.2 Å². The second kappa shape index (κ2) is 4.33. The molecule has 2 aromatic rings. The fraction of sp³-hybridized carbons (Fsp3) is 0.0769. The first-order valence-electron chi connectivity index (χ1n) is 4.88. The number of hydrogen-bond acceptors (Lipinski definition) is 2. The summed E-state index contributed by atoms with van der Waals surface area (Å²) in [6.07, 6.45) is 1.87. The molecule has 3 nitrogen and oxygen atoms in total. The van der Waals surface area contributed by atoms with E-state index in [4.69, 9.17) is 10.5 Å². The molecule has 1 heterocycles. The number of rotatable bonds is 2. The van der Waals surface area contributed by atoms with Gasteiger partial charge < -0.3 is 4.57 Å². The van der Waals surface area contributed by atoms with Crippen LogP contribution in [0.3, 0.4) is 0 Å². The maximum Gasteiger partial charge on any atom is 0.120 e. The molecule has 2 rings (SSSR count). The van der Waals surface area contributed by atoms with E-state index in [1.807, 2.05) is 29.0 Å². The molecule has 0 radical (unpaired) electrons. The molecule has 0 aliphatic rings. The lowest BCUT2D eigenvalue weighted by molar-refractivity contribution is 0.793. The van der Waals surface area contributed by atoms with E-state index in [0.29, 0.717) is 17.8 Å². The summed E-state index contributed by atoms with van der Waals surface area (Å²) >= 11 is 0. The van der Waals surface area contributed by atoms with Gasteiger partial charge in [-0.2, -0.15) is 10.5 Å². The smallest absolute Gasteiger partial charge is 0.120 e. The van der Waals surface area contributed by atoms with Crippen LogP contribution in [0.1, 0.15) is 16.8 Å². The van der Waals surface area contributed by atoms with E-state index >= 15 is 0 Å². The van der Waals surface area contributed by atoms with Crippen molar-refractivity contribution >= 4 is 0 Å². The molecular formula is C13H9N3. The van der Waals surface area contributed by atoms with Gasteiger partial charge in [-0.25, -0.2) is 0 Å². The highest BCUT2D eigenvalue weighted by molar-refractivity contribution is 5.32. The Kier molecular flexibility index (Phi) is 2.71. The number of hydrogen-bond donors (Lipinski definition) is 0. The Bertz CT molecular complexity index is 564. The van der Waals surface area contributed by atoms with Crippen LogP contribution in [0, 0.1) is 22.7 Å². The molecular weight excluding hydrogens is 198 g/mol. The maximum absolute atomic E-state index is 8.85. The standard InChI is InChI=1S/C13H9N3/c14-8-11-3-5-12(6-4-11)10-16-7-1-2-13(16)9-15/h1-7H,10H2. The molecule has 0 fully saturated rings. The van der Waals surface area contributed by atoms with E-state index < -0.39 is 0 Å². The van der Waals surface area contributed by atoms with Crippen molar-refractivity contribution in [1.29, 1.82) is 10.5 Å². The molecule has 0 bridgehead atoms. The Hall–Kier alpha value is -2.52. The first kappa shape index (κ1) is 10.0. The summed E-state index contributed by atoms with van der Waals surface area (Å²) in [7, 11) is 0. The number of nitrogens with zero attached hydrogens (tertiary/aromatic N) is 3. The summed E-state index contributed by atoms with van der Waals surface area (Å²) < 4.78 is 1.88. The van der Waals surface area contributed by atoms with Gasteiger partial charge in [0.25, 0.3) is 0 Å². The highest BCUT2D eigenvalue weighted by atomic mass is 15.0. The molecule has 0 aliphatic heterocycles. The molecule has 0 N–H and O–H groups in total. The third-order valence-electron chi connectivity index (χ3n) is 2.38. The molecule has 3 heteroatoms. The largest absolute Gasteiger partial charge is 0.335 e. The lowest BCUT2D eigenvalue weighted by Gasteiger charge is -2.04. The summed E-state index contributed by atoms with van der Waals surface area (Å²) in [6.45, 7) is 0.654. The van der Waals surface area contributed by atoms with E-state index in [2.05, 4.69) is 12.1 Å². The average Bonchev–Trinajstić information content (AvgIpc) is 2.77. The Morgan fingerprint density at radius 1 is 1.00 bits per heavy atom. The molecule has 0 spiro atoms. The first-order chi connectivity index (χ1) is 7.83. The van der Waals surface area contributed by atoms with E-state index in [1.165, 1.54) is 0 Å². The van der Waals surface area contributed by atoms with Crippen LogP contribution in [0.4, 0.5) is 0 Å². The molecule has 76 valence electrons. The van der Waals surface area contributed by atoms with Gasteiger partial charge in [0.1, 0.15) is 11.8 Å². The highest BCUT2D eigenvalue weighted by Crippen LogP contribution is 2.08. The molecule has 0 saturated carbocycles. The lowest BCUT2D eigenvalue weighted by atomic mass is 10.1. The van der Waals surface area contributed by atoms with Crippen LogP contribution in [0.2, 0.25) is 0 Å². The van der Waals surface area contributed by atoms with Gasteiger partial charge in [0.2, 0.25) is 0 Å². The van der Waals surface area contributed by atoms with Gasteiger partial charge in [0.15, 0.2) is 0 Å². The predicted molar refractivity (Wildman–Crippen MR) is 59.4 cm³/mol. The first-order valence-corrected chi connectivity index (χ1v) is 4.88. The molecule has 0 amide bonds. The van der Waals surface area contributed by atoms with Crippen LogP contribution in [0.5, 0.6) is 0 Å². The van der Waals surface area contributed by atoms with Crippen LogP contribution >= 0.6 is 0 Å². The van der Waals surface area contributed by atoms with E-state index in [0.717, 1.165) is 5.56 Å². The molecule has 0 saturated heterocycles. The third kappa shape index (κ3) is 1.94. The summed E-state index contributed by atoms with van der Waals surface area (Å²) in [5.41, 5.74) is 2.37. The molecule has 0 unspecified atom stereocenters. The zero-order valence-electron chi connectivity index (χ0n) is 8.59. The van der Waals surface area contributed by atoms with Gasteiger partial charge in [-0.05, 0) is 29.8 Å².